The molecule has 0 spiro atoms. The lowest BCUT2D eigenvalue weighted by atomic mass is 10.1. The Morgan fingerprint density at radius 2 is 2.15 bits per heavy atom. The molecule has 0 atom stereocenters. The average Bonchev–Trinajstić information content (AvgIpc) is 3.34. The van der Waals surface area contributed by atoms with Crippen LogP contribution in [0.3, 0.4) is 0 Å². The van der Waals surface area contributed by atoms with Gasteiger partial charge in [-0.3, -0.25) is 4.79 Å². The maximum absolute atomic E-state index is 13.7. The SMILES string of the molecule is N#Cc1c(NC(=O)COC(=O)c2cc3c(F)cccc3s2)sc2c1CCC2. The molecule has 1 amide bonds. The summed E-state index contributed by atoms with van der Waals surface area (Å²) in [5, 5.41) is 12.8. The van der Waals surface area contributed by atoms with E-state index < -0.39 is 24.3 Å². The van der Waals surface area contributed by atoms with Gasteiger partial charge in [-0.15, -0.1) is 22.7 Å². The summed E-state index contributed by atoms with van der Waals surface area (Å²) in [5.41, 5.74) is 1.52. The van der Waals surface area contributed by atoms with Crippen LogP contribution in [0.2, 0.25) is 0 Å². The Bertz CT molecular complexity index is 1110. The zero-order valence-corrected chi connectivity index (χ0v) is 15.6. The van der Waals surface area contributed by atoms with Crippen LogP contribution in [0.25, 0.3) is 10.1 Å². The van der Waals surface area contributed by atoms with Crippen molar-refractivity contribution in [2.75, 3.05) is 11.9 Å². The van der Waals surface area contributed by atoms with Crippen LogP contribution in [0.15, 0.2) is 24.3 Å². The zero-order chi connectivity index (χ0) is 19.0. The zero-order valence-electron chi connectivity index (χ0n) is 14.0. The first-order valence-electron chi connectivity index (χ1n) is 8.26. The molecule has 0 fully saturated rings. The quantitative estimate of drug-likeness (QED) is 0.664. The minimum Gasteiger partial charge on any atom is -0.451 e. The number of aryl methyl sites for hydroxylation is 1. The van der Waals surface area contributed by atoms with Crippen LogP contribution in [0.4, 0.5) is 9.39 Å². The number of amides is 1. The summed E-state index contributed by atoms with van der Waals surface area (Å²) in [6, 6.07) is 8.18. The molecule has 5 nitrogen and oxygen atoms in total. The second-order valence-electron chi connectivity index (χ2n) is 6.06. The van der Waals surface area contributed by atoms with E-state index in [1.807, 2.05) is 0 Å². The van der Waals surface area contributed by atoms with Crippen LogP contribution < -0.4 is 5.32 Å². The van der Waals surface area contributed by atoms with E-state index in [-0.39, 0.29) is 4.88 Å². The second-order valence-corrected chi connectivity index (χ2v) is 8.25. The van der Waals surface area contributed by atoms with Crippen LogP contribution in [-0.2, 0) is 22.4 Å². The highest BCUT2D eigenvalue weighted by atomic mass is 32.1. The van der Waals surface area contributed by atoms with Gasteiger partial charge in [-0.2, -0.15) is 5.26 Å². The number of fused-ring (bicyclic) bond motifs is 2. The van der Waals surface area contributed by atoms with E-state index in [0.717, 1.165) is 41.0 Å². The molecule has 4 rings (SSSR count). The fourth-order valence-corrected chi connectivity index (χ4v) is 5.33. The van der Waals surface area contributed by atoms with Gasteiger partial charge >= 0.3 is 5.97 Å². The number of rotatable bonds is 4. The Kier molecular flexibility index (Phi) is 4.64. The predicted molar refractivity (Wildman–Crippen MR) is 102 cm³/mol. The molecular formula is C19H13FN2O3S2. The fraction of sp³-hybridized carbons (Fsp3) is 0.211. The van der Waals surface area contributed by atoms with Gasteiger partial charge in [-0.05, 0) is 43.0 Å². The molecule has 1 aliphatic carbocycles. The van der Waals surface area contributed by atoms with Crippen molar-refractivity contribution in [3.05, 3.63) is 51.0 Å². The van der Waals surface area contributed by atoms with E-state index in [2.05, 4.69) is 11.4 Å². The first kappa shape index (κ1) is 17.6. The highest BCUT2D eigenvalue weighted by Gasteiger charge is 2.23. The number of nitrogens with one attached hydrogen (secondary N) is 1. The van der Waals surface area contributed by atoms with Crippen LogP contribution >= 0.6 is 22.7 Å². The molecule has 1 aliphatic rings. The number of ether oxygens (including phenoxy) is 1. The lowest BCUT2D eigenvalue weighted by molar-refractivity contribution is -0.119. The van der Waals surface area contributed by atoms with Gasteiger partial charge in [0.25, 0.3) is 5.91 Å². The van der Waals surface area contributed by atoms with E-state index >= 15 is 0 Å². The van der Waals surface area contributed by atoms with Crippen molar-refractivity contribution in [2.24, 2.45) is 0 Å². The van der Waals surface area contributed by atoms with Crippen molar-refractivity contribution in [3.8, 4) is 6.07 Å². The van der Waals surface area contributed by atoms with Gasteiger partial charge in [-0.25, -0.2) is 9.18 Å². The standard InChI is InChI=1S/C19H13FN2O3S2/c20-13-4-2-6-15-11(13)7-16(26-15)19(24)25-9-17(23)22-18-12(8-21)10-3-1-5-14(10)27-18/h2,4,6-7H,1,3,5,9H2,(H,22,23). The Hall–Kier alpha value is -2.76. The van der Waals surface area contributed by atoms with E-state index in [4.69, 9.17) is 4.74 Å². The van der Waals surface area contributed by atoms with Crippen molar-refractivity contribution >= 4 is 49.6 Å². The normalized spacial score (nSPS) is 12.6. The summed E-state index contributed by atoms with van der Waals surface area (Å²) in [6.45, 7) is -0.469. The second kappa shape index (κ2) is 7.10. The molecule has 0 bridgehead atoms. The third-order valence-corrected chi connectivity index (χ3v) is 6.62. The van der Waals surface area contributed by atoms with Crippen molar-refractivity contribution in [1.29, 1.82) is 5.26 Å². The first-order chi connectivity index (χ1) is 13.1. The number of carbonyl (C=O) groups excluding carboxylic acids is 2. The summed E-state index contributed by atoms with van der Waals surface area (Å²) in [7, 11) is 0. The number of esters is 1. The van der Waals surface area contributed by atoms with Crippen LogP contribution in [0.1, 0.15) is 32.1 Å². The summed E-state index contributed by atoms with van der Waals surface area (Å²) in [5.74, 6) is -1.60. The van der Waals surface area contributed by atoms with Crippen LogP contribution in [0.5, 0.6) is 0 Å². The Morgan fingerprint density at radius 1 is 1.30 bits per heavy atom. The average molecular weight is 400 g/mol. The highest BCUT2D eigenvalue weighted by molar-refractivity contribution is 7.20. The monoisotopic (exact) mass is 400 g/mol. The third kappa shape index (κ3) is 3.31. The molecule has 0 aliphatic heterocycles. The predicted octanol–water partition coefficient (Wildman–Crippen LogP) is 4.26. The Labute approximate surface area is 162 Å². The highest BCUT2D eigenvalue weighted by Crippen LogP contribution is 2.38. The minimum atomic E-state index is -0.681. The van der Waals surface area contributed by atoms with Crippen molar-refractivity contribution in [1.82, 2.24) is 0 Å². The molecule has 3 aromatic rings. The van der Waals surface area contributed by atoms with Crippen molar-refractivity contribution < 1.29 is 18.7 Å². The maximum Gasteiger partial charge on any atom is 0.348 e. The van der Waals surface area contributed by atoms with Gasteiger partial charge in [-0.1, -0.05) is 6.07 Å². The minimum absolute atomic E-state index is 0.232. The van der Waals surface area contributed by atoms with Gasteiger partial charge in [0.15, 0.2) is 6.61 Å². The largest absolute Gasteiger partial charge is 0.451 e. The summed E-state index contributed by atoms with van der Waals surface area (Å²) in [4.78, 5) is 25.6. The number of nitriles is 1. The molecule has 0 radical (unpaired) electrons. The third-order valence-electron chi connectivity index (χ3n) is 4.33. The van der Waals surface area contributed by atoms with E-state index in [1.165, 1.54) is 23.5 Å². The van der Waals surface area contributed by atoms with Gasteiger partial charge in [0.2, 0.25) is 0 Å². The molecule has 0 unspecified atom stereocenters. The number of anilines is 1. The number of nitrogens with zero attached hydrogens (tertiary/aromatic N) is 1. The Balaban J connectivity index is 1.41. The van der Waals surface area contributed by atoms with Crippen molar-refractivity contribution in [2.45, 2.75) is 19.3 Å². The van der Waals surface area contributed by atoms with Crippen molar-refractivity contribution in [3.63, 3.8) is 0 Å². The number of hydrogen-bond donors (Lipinski definition) is 1. The Morgan fingerprint density at radius 3 is 2.93 bits per heavy atom. The fourth-order valence-electron chi connectivity index (χ4n) is 3.10. The van der Waals surface area contributed by atoms with Gasteiger partial charge in [0.1, 0.15) is 21.8 Å². The molecule has 2 heterocycles. The van der Waals surface area contributed by atoms with E-state index in [0.29, 0.717) is 20.7 Å². The summed E-state index contributed by atoms with van der Waals surface area (Å²) >= 11 is 2.51. The topological polar surface area (TPSA) is 79.2 Å². The van der Waals surface area contributed by atoms with Crippen LogP contribution in [0, 0.1) is 17.1 Å². The molecule has 27 heavy (non-hydrogen) atoms. The smallest absolute Gasteiger partial charge is 0.348 e. The molecule has 136 valence electrons. The lowest BCUT2D eigenvalue weighted by Gasteiger charge is -2.05. The number of hydrogen-bond acceptors (Lipinski definition) is 6. The molecule has 0 saturated carbocycles. The molecule has 8 heteroatoms. The van der Waals surface area contributed by atoms with E-state index in [9.17, 15) is 19.2 Å². The summed E-state index contributed by atoms with van der Waals surface area (Å²) < 4.78 is 19.4. The molecule has 0 saturated heterocycles. The van der Waals surface area contributed by atoms with Crippen LogP contribution in [-0.4, -0.2) is 18.5 Å². The molecular weight excluding hydrogens is 387 g/mol. The lowest BCUT2D eigenvalue weighted by Crippen LogP contribution is -2.20. The first-order valence-corrected chi connectivity index (χ1v) is 9.90. The molecule has 2 aromatic heterocycles. The number of carbonyl (C=O) groups is 2. The van der Waals surface area contributed by atoms with Gasteiger partial charge < -0.3 is 10.1 Å². The van der Waals surface area contributed by atoms with E-state index in [1.54, 1.807) is 12.1 Å². The maximum atomic E-state index is 13.7. The number of thiophene rings is 2. The van der Waals surface area contributed by atoms with Gasteiger partial charge in [0, 0.05) is 15.0 Å². The molecule has 1 N–H and O–H groups in total. The van der Waals surface area contributed by atoms with Gasteiger partial charge in [0.05, 0.1) is 5.56 Å². The summed E-state index contributed by atoms with van der Waals surface area (Å²) in [6.07, 6.45) is 2.79. The number of benzene rings is 1. The molecule has 1 aromatic carbocycles. The number of halogens is 1.